The van der Waals surface area contributed by atoms with Crippen LogP contribution in [0.3, 0.4) is 0 Å². The monoisotopic (exact) mass is 516 g/mol. The van der Waals surface area contributed by atoms with E-state index in [4.69, 9.17) is 14.2 Å². The van der Waals surface area contributed by atoms with Gasteiger partial charge in [0.1, 0.15) is 0 Å². The highest BCUT2D eigenvalue weighted by atomic mass is 16.5. The van der Waals surface area contributed by atoms with Crippen molar-refractivity contribution in [2.24, 2.45) is 0 Å². The maximum absolute atomic E-state index is 10.4. The maximum atomic E-state index is 10.4. The first-order valence-electron chi connectivity index (χ1n) is 14.7. The number of hydrogen-bond acceptors (Lipinski definition) is 6. The fraction of sp³-hybridized carbons (Fsp3) is 0.900. The zero-order valence-electron chi connectivity index (χ0n) is 24.8. The van der Waals surface area contributed by atoms with Crippen molar-refractivity contribution in [2.45, 2.75) is 157 Å². The van der Waals surface area contributed by atoms with Crippen LogP contribution in [0.25, 0.3) is 0 Å². The number of hydrogen-bond donors (Lipinski definition) is 0. The Bertz CT molecular complexity index is 398. The number of carbonyl (C=O) groups excluding carboxylic acids is 3. The van der Waals surface area contributed by atoms with Gasteiger partial charge in [0.25, 0.3) is 0 Å². The minimum Gasteiger partial charge on any atom is -0.466 e. The number of carbonyl (C=O) groups is 3. The van der Waals surface area contributed by atoms with E-state index in [-0.39, 0.29) is 17.9 Å². The smallest absolute Gasteiger partial charge is 0.302 e. The molecular weight excluding hydrogens is 456 g/mol. The first-order chi connectivity index (χ1) is 17.3. The van der Waals surface area contributed by atoms with Crippen LogP contribution in [-0.4, -0.2) is 37.7 Å². The zero-order chi connectivity index (χ0) is 27.7. The SMILES string of the molecule is CCCCCCCCOC(C)=O.CCCCCCCCOC(C)=O.CCCCCCCCOC(C)=O. The van der Waals surface area contributed by atoms with E-state index in [2.05, 4.69) is 20.8 Å². The fourth-order valence-electron chi connectivity index (χ4n) is 3.29. The molecule has 0 aliphatic heterocycles. The molecule has 0 aliphatic carbocycles. The average Bonchev–Trinajstić information content (AvgIpc) is 2.83. The van der Waals surface area contributed by atoms with E-state index in [1.54, 1.807) is 0 Å². The predicted octanol–water partition coefficient (Wildman–Crippen LogP) is 8.73. The van der Waals surface area contributed by atoms with Gasteiger partial charge in [-0.3, -0.25) is 14.4 Å². The Morgan fingerprint density at radius 3 is 0.750 bits per heavy atom. The molecule has 0 unspecified atom stereocenters. The van der Waals surface area contributed by atoms with E-state index in [0.29, 0.717) is 19.8 Å². The highest BCUT2D eigenvalue weighted by molar-refractivity contribution is 5.66. The third kappa shape index (κ3) is 49.5. The molecule has 6 nitrogen and oxygen atoms in total. The van der Waals surface area contributed by atoms with Crippen molar-refractivity contribution in [3.8, 4) is 0 Å². The Kier molecular flexibility index (Phi) is 38.5. The maximum Gasteiger partial charge on any atom is 0.302 e. The summed E-state index contributed by atoms with van der Waals surface area (Å²) in [5.41, 5.74) is 0. The standard InChI is InChI=1S/3C10H20O2/c3*1-3-4-5-6-7-8-9-12-10(2)11/h3*3-9H2,1-2H3. The number of esters is 3. The average molecular weight is 517 g/mol. The molecular formula is C30H60O6. The van der Waals surface area contributed by atoms with Gasteiger partial charge < -0.3 is 14.2 Å². The summed E-state index contributed by atoms with van der Waals surface area (Å²) >= 11 is 0. The minimum absolute atomic E-state index is 0.163. The number of ether oxygens (including phenoxy) is 3. The quantitative estimate of drug-likeness (QED) is 0.0862. The minimum atomic E-state index is -0.163. The third-order valence-electron chi connectivity index (χ3n) is 5.41. The molecule has 0 amide bonds. The molecule has 0 fully saturated rings. The largest absolute Gasteiger partial charge is 0.466 e. The highest BCUT2D eigenvalue weighted by Crippen LogP contribution is 2.06. The Morgan fingerprint density at radius 2 is 0.556 bits per heavy atom. The number of unbranched alkanes of at least 4 members (excludes halogenated alkanes) is 15. The van der Waals surface area contributed by atoms with Crippen molar-refractivity contribution in [3.63, 3.8) is 0 Å². The summed E-state index contributed by atoms with van der Waals surface area (Å²) < 4.78 is 14.4. The molecule has 0 saturated heterocycles. The molecule has 0 N–H and O–H groups in total. The second-order valence-corrected chi connectivity index (χ2v) is 9.32. The van der Waals surface area contributed by atoms with Gasteiger partial charge in [0.2, 0.25) is 0 Å². The van der Waals surface area contributed by atoms with Crippen molar-refractivity contribution >= 4 is 17.9 Å². The van der Waals surface area contributed by atoms with E-state index in [0.717, 1.165) is 19.3 Å². The summed E-state index contributed by atoms with van der Waals surface area (Å²) in [6, 6.07) is 0. The molecule has 0 atom stereocenters. The van der Waals surface area contributed by atoms with Crippen LogP contribution in [0.1, 0.15) is 157 Å². The summed E-state index contributed by atoms with van der Waals surface area (Å²) in [6.07, 6.45) is 22.2. The summed E-state index contributed by atoms with van der Waals surface area (Å²) in [5.74, 6) is -0.490. The van der Waals surface area contributed by atoms with Gasteiger partial charge in [-0.1, -0.05) is 117 Å². The Balaban J connectivity index is -0.000000454. The Hall–Kier alpha value is -1.59. The molecule has 0 rings (SSSR count). The van der Waals surface area contributed by atoms with Gasteiger partial charge in [-0.2, -0.15) is 0 Å². The molecule has 0 heterocycles. The summed E-state index contributed by atoms with van der Waals surface area (Å²) in [4.78, 5) is 31.1. The molecule has 0 saturated carbocycles. The summed E-state index contributed by atoms with van der Waals surface area (Å²) in [6.45, 7) is 12.8. The lowest BCUT2D eigenvalue weighted by Crippen LogP contribution is -1.99. The van der Waals surface area contributed by atoms with Gasteiger partial charge in [-0.15, -0.1) is 0 Å². The second kappa shape index (κ2) is 35.6. The fourth-order valence-corrected chi connectivity index (χ4v) is 3.29. The summed E-state index contributed by atoms with van der Waals surface area (Å²) in [5, 5.41) is 0. The number of rotatable bonds is 21. The van der Waals surface area contributed by atoms with Gasteiger partial charge in [0, 0.05) is 20.8 Å². The third-order valence-corrected chi connectivity index (χ3v) is 5.41. The van der Waals surface area contributed by atoms with Crippen LogP contribution in [0, 0.1) is 0 Å². The van der Waals surface area contributed by atoms with Gasteiger partial charge in [0.05, 0.1) is 19.8 Å². The van der Waals surface area contributed by atoms with Crippen LogP contribution in [-0.2, 0) is 28.6 Å². The summed E-state index contributed by atoms with van der Waals surface area (Å²) in [7, 11) is 0. The van der Waals surface area contributed by atoms with E-state index in [1.165, 1.54) is 117 Å². The molecule has 0 aromatic carbocycles. The van der Waals surface area contributed by atoms with E-state index >= 15 is 0 Å². The van der Waals surface area contributed by atoms with Crippen molar-refractivity contribution in [1.29, 1.82) is 0 Å². The van der Waals surface area contributed by atoms with Crippen molar-refractivity contribution in [1.82, 2.24) is 0 Å². The second-order valence-electron chi connectivity index (χ2n) is 9.32. The lowest BCUT2D eigenvalue weighted by Gasteiger charge is -2.01. The van der Waals surface area contributed by atoms with Crippen LogP contribution in [0.2, 0.25) is 0 Å². The Labute approximate surface area is 223 Å². The van der Waals surface area contributed by atoms with Gasteiger partial charge in [0.15, 0.2) is 0 Å². The molecule has 216 valence electrons. The van der Waals surface area contributed by atoms with Crippen LogP contribution >= 0.6 is 0 Å². The molecule has 0 radical (unpaired) electrons. The topological polar surface area (TPSA) is 78.9 Å². The van der Waals surface area contributed by atoms with Gasteiger partial charge >= 0.3 is 17.9 Å². The van der Waals surface area contributed by atoms with E-state index in [9.17, 15) is 14.4 Å². The lowest BCUT2D eigenvalue weighted by atomic mass is 10.1. The zero-order valence-corrected chi connectivity index (χ0v) is 24.8. The molecule has 0 bridgehead atoms. The first-order valence-corrected chi connectivity index (χ1v) is 14.7. The van der Waals surface area contributed by atoms with Crippen molar-refractivity contribution in [2.75, 3.05) is 19.8 Å². The van der Waals surface area contributed by atoms with Crippen molar-refractivity contribution < 1.29 is 28.6 Å². The first kappa shape index (κ1) is 38.9. The van der Waals surface area contributed by atoms with Crippen molar-refractivity contribution in [3.05, 3.63) is 0 Å². The predicted molar refractivity (Wildman–Crippen MR) is 150 cm³/mol. The molecule has 0 aromatic heterocycles. The molecule has 0 aliphatic rings. The van der Waals surface area contributed by atoms with E-state index < -0.39 is 0 Å². The lowest BCUT2D eigenvalue weighted by molar-refractivity contribution is -0.142. The van der Waals surface area contributed by atoms with Gasteiger partial charge in [-0.25, -0.2) is 0 Å². The highest BCUT2D eigenvalue weighted by Gasteiger charge is 1.94. The van der Waals surface area contributed by atoms with Crippen LogP contribution in [0.5, 0.6) is 0 Å². The van der Waals surface area contributed by atoms with Gasteiger partial charge in [-0.05, 0) is 19.3 Å². The molecule has 36 heavy (non-hydrogen) atoms. The van der Waals surface area contributed by atoms with Crippen LogP contribution in [0.15, 0.2) is 0 Å². The van der Waals surface area contributed by atoms with Crippen LogP contribution in [0.4, 0.5) is 0 Å². The molecule has 6 heteroatoms. The molecule has 0 aromatic rings. The van der Waals surface area contributed by atoms with Crippen LogP contribution < -0.4 is 0 Å². The Morgan fingerprint density at radius 1 is 0.361 bits per heavy atom. The molecule has 0 spiro atoms. The van der Waals surface area contributed by atoms with E-state index in [1.807, 2.05) is 0 Å². The normalized spacial score (nSPS) is 9.83.